The average Bonchev–Trinajstić information content (AvgIpc) is 0.761. The van der Waals surface area contributed by atoms with Crippen LogP contribution in [0.15, 0.2) is 72.8 Å². The van der Waals surface area contributed by atoms with Gasteiger partial charge >= 0.3 is 107 Å². The Morgan fingerprint density at radius 1 is 0.125 bits per heavy atom. The van der Waals surface area contributed by atoms with Crippen LogP contribution in [0.1, 0.15) is 125 Å². The molecule has 0 fully saturated rings. The molecule has 0 saturated heterocycles. The standard InChI is InChI=1S/C78H66O42/c1-31(79)97-49-19-56(100-34(4)82)69(57(20-49)101-35(5)83)117-52-25-62(106-40(10)88)72(63(26-52)107-41(11)89)119-67-30-65(109-43(13)91)74(112-46(16)94)78(114-48(18)96)76(67)120-66-29-64(108-42(12)90)73(111-45(15)93)77(113-47(17)95)75(66)118-53-27-60(104-38(8)86)71(61(28-53)105-39(9)87)116-51-23-58(102-36(6)84)70(59(24-51)103-37(7)85)115-50-21-54(98-32(2)80)68(110-44(14)92)55(22-50)99-33(3)81/h19-30H,1-18H3. The molecule has 7 aromatic rings. The summed E-state index contributed by atoms with van der Waals surface area (Å²) in [4.78, 5) is 233. The van der Waals surface area contributed by atoms with Gasteiger partial charge in [0.05, 0.1) is 0 Å². The van der Waals surface area contributed by atoms with Crippen LogP contribution < -0.4 is 114 Å². The molecule has 0 N–H and O–H groups in total. The number of benzene rings is 7. The molecule has 7 rings (SSSR count). The Morgan fingerprint density at radius 2 is 0.267 bits per heavy atom. The van der Waals surface area contributed by atoms with Crippen LogP contribution in [0.2, 0.25) is 0 Å². The maximum Gasteiger partial charge on any atom is 0.308 e. The van der Waals surface area contributed by atoms with Crippen LogP contribution in [0.5, 0.6) is 172 Å². The number of carbonyl (C=O) groups is 18. The molecule has 630 valence electrons. The second-order valence-electron chi connectivity index (χ2n) is 23.8. The van der Waals surface area contributed by atoms with E-state index >= 15 is 0 Å². The van der Waals surface area contributed by atoms with Crippen molar-refractivity contribution in [3.63, 3.8) is 0 Å². The first-order valence-corrected chi connectivity index (χ1v) is 33.9. The Balaban J connectivity index is 1.59. The van der Waals surface area contributed by atoms with Crippen molar-refractivity contribution in [3.05, 3.63) is 72.8 Å². The Morgan fingerprint density at radius 3 is 0.475 bits per heavy atom. The minimum Gasteiger partial charge on any atom is -0.449 e. The Bertz CT molecular complexity index is 5280. The van der Waals surface area contributed by atoms with Crippen LogP contribution in [-0.4, -0.2) is 107 Å². The first kappa shape index (κ1) is 91.0. The van der Waals surface area contributed by atoms with Gasteiger partial charge in [-0.05, 0) is 0 Å². The molecule has 7 aromatic carbocycles. The summed E-state index contributed by atoms with van der Waals surface area (Å²) in [6.07, 6.45) is 0. The van der Waals surface area contributed by atoms with Gasteiger partial charge in [0.2, 0.25) is 63.2 Å². The summed E-state index contributed by atoms with van der Waals surface area (Å²) >= 11 is 0. The summed E-state index contributed by atoms with van der Waals surface area (Å²) in [5, 5.41) is 0. The highest BCUT2D eigenvalue weighted by molar-refractivity contribution is 5.88. The lowest BCUT2D eigenvalue weighted by atomic mass is 10.2. The lowest BCUT2D eigenvalue weighted by Crippen LogP contribution is -2.13. The summed E-state index contributed by atoms with van der Waals surface area (Å²) in [6, 6.07) is 10.0. The molecule has 0 amide bonds. The second-order valence-corrected chi connectivity index (χ2v) is 23.8. The van der Waals surface area contributed by atoms with Gasteiger partial charge in [0.1, 0.15) is 28.7 Å². The largest absolute Gasteiger partial charge is 0.449 e. The van der Waals surface area contributed by atoms with Crippen molar-refractivity contribution in [1.82, 2.24) is 0 Å². The van der Waals surface area contributed by atoms with Crippen molar-refractivity contribution in [3.8, 4) is 172 Å². The average molecular weight is 1680 g/mol. The maximum absolute atomic E-state index is 13.6. The molecule has 0 bridgehead atoms. The van der Waals surface area contributed by atoms with Gasteiger partial charge in [-0.1, -0.05) is 0 Å². The zero-order valence-corrected chi connectivity index (χ0v) is 66.1. The summed E-state index contributed by atoms with van der Waals surface area (Å²) < 4.78 is 136. The first-order valence-electron chi connectivity index (χ1n) is 33.9. The van der Waals surface area contributed by atoms with E-state index in [0.29, 0.717) is 12.1 Å². The van der Waals surface area contributed by atoms with Crippen LogP contribution >= 0.6 is 0 Å². The Hall–Kier alpha value is -16.2. The van der Waals surface area contributed by atoms with E-state index in [-0.39, 0.29) is 5.75 Å². The number of hydrogen-bond donors (Lipinski definition) is 0. The summed E-state index contributed by atoms with van der Waals surface area (Å²) in [5.74, 6) is -45.1. The van der Waals surface area contributed by atoms with Crippen molar-refractivity contribution >= 4 is 107 Å². The van der Waals surface area contributed by atoms with Gasteiger partial charge in [-0.25, -0.2) is 0 Å². The lowest BCUT2D eigenvalue weighted by Gasteiger charge is -2.24. The highest BCUT2D eigenvalue weighted by atomic mass is 16.7. The van der Waals surface area contributed by atoms with Gasteiger partial charge in [-0.3, -0.25) is 86.3 Å². The zero-order valence-electron chi connectivity index (χ0n) is 66.1. The third-order valence-corrected chi connectivity index (χ3v) is 13.1. The molecule has 120 heavy (non-hydrogen) atoms. The molecule has 42 nitrogen and oxygen atoms in total. The smallest absolute Gasteiger partial charge is 0.308 e. The van der Waals surface area contributed by atoms with E-state index in [2.05, 4.69) is 0 Å². The van der Waals surface area contributed by atoms with Crippen LogP contribution in [0.4, 0.5) is 0 Å². The lowest BCUT2D eigenvalue weighted by molar-refractivity contribution is -0.135. The minimum absolute atomic E-state index is 0.364. The zero-order chi connectivity index (χ0) is 89.2. The number of esters is 18. The molecule has 0 aliphatic heterocycles. The SMILES string of the molecule is CC(=O)Oc1cc(OC(C)=O)c(Oc2cc(OC(C)=O)c(Oc3cc(OC(C)=O)c(OC(C)=O)c(OC(C)=O)c3Oc3cc(OC(C)=O)c(OC(C)=O)c(OC(C)=O)c3Oc3cc(OC(C)=O)c(Oc4cc(OC(C)=O)c(Oc5cc(OC(C)=O)c(OC(C)=O)c(OC(C)=O)c5)c(OC(C)=O)c4)c(OC(C)=O)c3)c(OC(C)=O)c2)c(OC(C)=O)c1. The second kappa shape index (κ2) is 39.7. The van der Waals surface area contributed by atoms with Crippen LogP contribution in [0.3, 0.4) is 0 Å². The van der Waals surface area contributed by atoms with Crippen LogP contribution in [0, 0.1) is 0 Å². The van der Waals surface area contributed by atoms with Crippen molar-refractivity contribution in [2.75, 3.05) is 0 Å². The van der Waals surface area contributed by atoms with Crippen LogP contribution in [-0.2, 0) is 86.3 Å². The topological polar surface area (TPSA) is 529 Å². The maximum atomic E-state index is 13.6. The number of ether oxygens (including phenoxy) is 24. The molecule has 0 heterocycles. The quantitative estimate of drug-likeness (QED) is 0.0298. The molecule has 42 heteroatoms. The normalized spacial score (nSPS) is 10.3. The monoisotopic (exact) mass is 1670 g/mol. The molecule has 0 unspecified atom stereocenters. The van der Waals surface area contributed by atoms with Crippen molar-refractivity contribution in [1.29, 1.82) is 0 Å². The van der Waals surface area contributed by atoms with Gasteiger partial charge in [0.25, 0.3) is 0 Å². The number of rotatable bonds is 30. The van der Waals surface area contributed by atoms with E-state index < -0.39 is 274 Å². The van der Waals surface area contributed by atoms with Gasteiger partial charge in [0, 0.05) is 197 Å². The summed E-state index contributed by atoms with van der Waals surface area (Å²) in [7, 11) is 0. The first-order chi connectivity index (χ1) is 56.2. The summed E-state index contributed by atoms with van der Waals surface area (Å²) in [5.41, 5.74) is 0. The summed E-state index contributed by atoms with van der Waals surface area (Å²) in [6.45, 7) is 15.8. The third-order valence-electron chi connectivity index (χ3n) is 13.1. The van der Waals surface area contributed by atoms with E-state index in [9.17, 15) is 86.3 Å². The number of hydrogen-bond acceptors (Lipinski definition) is 42. The molecule has 0 radical (unpaired) electrons. The van der Waals surface area contributed by atoms with Gasteiger partial charge in [0.15, 0.2) is 80.5 Å². The van der Waals surface area contributed by atoms with E-state index in [1.807, 2.05) is 0 Å². The van der Waals surface area contributed by atoms with Crippen molar-refractivity contribution in [2.45, 2.75) is 125 Å². The van der Waals surface area contributed by atoms with Gasteiger partial charge < -0.3 is 114 Å². The van der Waals surface area contributed by atoms with Crippen molar-refractivity contribution < 1.29 is 200 Å². The molecule has 0 spiro atoms. The molecule has 0 atom stereocenters. The van der Waals surface area contributed by atoms with Gasteiger partial charge in [-0.2, -0.15) is 0 Å². The van der Waals surface area contributed by atoms with E-state index in [1.54, 1.807) is 0 Å². The third kappa shape index (κ3) is 25.9. The Labute approximate surface area is 675 Å². The number of carbonyl (C=O) groups excluding carboxylic acids is 18. The molecule has 0 aliphatic rings. The fourth-order valence-electron chi connectivity index (χ4n) is 9.78. The fourth-order valence-corrected chi connectivity index (χ4v) is 9.78. The predicted molar refractivity (Wildman–Crippen MR) is 389 cm³/mol. The highest BCUT2D eigenvalue weighted by Crippen LogP contribution is 2.61. The molecule has 0 aliphatic carbocycles. The molecule has 0 saturated carbocycles. The molecular formula is C78H66O42. The van der Waals surface area contributed by atoms with Gasteiger partial charge in [-0.15, -0.1) is 0 Å². The van der Waals surface area contributed by atoms with E-state index in [1.165, 1.54) is 0 Å². The molecule has 0 aromatic heterocycles. The van der Waals surface area contributed by atoms with Crippen molar-refractivity contribution in [2.24, 2.45) is 0 Å². The Kier molecular flexibility index (Phi) is 30.1. The van der Waals surface area contributed by atoms with E-state index in [4.69, 9.17) is 114 Å². The highest BCUT2D eigenvalue weighted by Gasteiger charge is 2.37. The predicted octanol–water partition coefficient (Wildman–Crippen LogP) is 11.1. The minimum atomic E-state index is -1.35. The fraction of sp³-hybridized carbons (Fsp3) is 0.231. The molecular weight excluding hydrogens is 1610 g/mol. The van der Waals surface area contributed by atoms with Crippen LogP contribution in [0.25, 0.3) is 0 Å². The van der Waals surface area contributed by atoms with E-state index in [0.717, 1.165) is 185 Å².